The summed E-state index contributed by atoms with van der Waals surface area (Å²) in [5, 5.41) is 10.9. The van der Waals surface area contributed by atoms with Gasteiger partial charge < -0.3 is 5.73 Å². The van der Waals surface area contributed by atoms with E-state index in [4.69, 9.17) is 5.73 Å². The zero-order valence-corrected chi connectivity index (χ0v) is 12.5. The molecule has 2 unspecified atom stereocenters. The van der Waals surface area contributed by atoms with Gasteiger partial charge in [0.15, 0.2) is 4.90 Å². The average molecular weight is 353 g/mol. The van der Waals surface area contributed by atoms with Crippen LogP contribution in [0, 0.1) is 22.0 Å². The monoisotopic (exact) mass is 353 g/mol. The van der Waals surface area contributed by atoms with Crippen LogP contribution in [0.25, 0.3) is 0 Å². The van der Waals surface area contributed by atoms with Gasteiger partial charge in [-0.1, -0.05) is 12.1 Å². The lowest BCUT2D eigenvalue weighted by Crippen LogP contribution is -2.33. The molecule has 2 N–H and O–H groups in total. The first-order valence-electron chi connectivity index (χ1n) is 6.59. The van der Waals surface area contributed by atoms with E-state index in [2.05, 4.69) is 0 Å². The summed E-state index contributed by atoms with van der Waals surface area (Å²) < 4.78 is 64.6. The molecule has 1 fully saturated rings. The second kappa shape index (κ2) is 6.06. The van der Waals surface area contributed by atoms with E-state index in [-0.39, 0.29) is 6.54 Å². The van der Waals surface area contributed by atoms with Crippen LogP contribution in [0.5, 0.6) is 0 Å². The molecule has 0 spiro atoms. The van der Waals surface area contributed by atoms with Crippen LogP contribution in [0.2, 0.25) is 0 Å². The molecule has 1 aliphatic rings. The molecule has 0 amide bonds. The van der Waals surface area contributed by atoms with Crippen molar-refractivity contribution >= 4 is 15.7 Å². The zero-order chi connectivity index (χ0) is 17.4. The van der Waals surface area contributed by atoms with Crippen molar-refractivity contribution in [2.24, 2.45) is 17.6 Å². The van der Waals surface area contributed by atoms with E-state index in [0.717, 1.165) is 12.1 Å². The van der Waals surface area contributed by atoms with Gasteiger partial charge in [-0.05, 0) is 18.5 Å². The van der Waals surface area contributed by atoms with Gasteiger partial charge >= 0.3 is 6.18 Å². The number of nitrogens with two attached hydrogens (primary N) is 1. The Labute approximate surface area is 130 Å². The number of benzene rings is 1. The van der Waals surface area contributed by atoms with E-state index in [0.29, 0.717) is 4.31 Å². The van der Waals surface area contributed by atoms with Gasteiger partial charge in [0.05, 0.1) is 10.8 Å². The normalized spacial score (nSPS) is 23.1. The van der Waals surface area contributed by atoms with E-state index < -0.39 is 56.6 Å². The Morgan fingerprint density at radius 3 is 2.39 bits per heavy atom. The fraction of sp³-hybridized carbons (Fsp3) is 0.500. The van der Waals surface area contributed by atoms with Crippen molar-refractivity contribution in [3.05, 3.63) is 34.4 Å². The molecule has 1 heterocycles. The zero-order valence-electron chi connectivity index (χ0n) is 11.7. The predicted octanol–water partition coefficient (Wildman–Crippen LogP) is 1.35. The van der Waals surface area contributed by atoms with E-state index in [1.54, 1.807) is 0 Å². The summed E-state index contributed by atoms with van der Waals surface area (Å²) in [5.41, 5.74) is 4.64. The fourth-order valence-corrected chi connectivity index (χ4v) is 4.28. The third kappa shape index (κ3) is 3.31. The Kier molecular flexibility index (Phi) is 4.64. The van der Waals surface area contributed by atoms with Crippen LogP contribution in [0.15, 0.2) is 29.2 Å². The van der Waals surface area contributed by atoms with E-state index in [9.17, 15) is 31.7 Å². The van der Waals surface area contributed by atoms with Gasteiger partial charge in [-0.25, -0.2) is 8.42 Å². The van der Waals surface area contributed by atoms with Gasteiger partial charge in [0, 0.05) is 19.2 Å². The summed E-state index contributed by atoms with van der Waals surface area (Å²) in [5.74, 6) is -2.96. The molecule has 0 bridgehead atoms. The molecule has 2 rings (SSSR count). The molecular weight excluding hydrogens is 339 g/mol. The van der Waals surface area contributed by atoms with Crippen molar-refractivity contribution in [3.63, 3.8) is 0 Å². The summed E-state index contributed by atoms with van der Waals surface area (Å²) in [6.45, 7) is -1.54. The molecule has 2 atom stereocenters. The second-order valence-electron chi connectivity index (χ2n) is 5.19. The topological polar surface area (TPSA) is 107 Å². The van der Waals surface area contributed by atoms with Crippen LogP contribution >= 0.6 is 0 Å². The summed E-state index contributed by atoms with van der Waals surface area (Å²) in [6, 6.07) is 4.55. The molecule has 1 aliphatic heterocycles. The fourth-order valence-electron chi connectivity index (χ4n) is 2.60. The maximum atomic E-state index is 13.0. The number of para-hydroxylation sites is 1. The quantitative estimate of drug-likeness (QED) is 0.650. The van der Waals surface area contributed by atoms with Crippen molar-refractivity contribution in [1.29, 1.82) is 0 Å². The Bertz CT molecular complexity index is 708. The summed E-state index contributed by atoms with van der Waals surface area (Å²) >= 11 is 0. The second-order valence-corrected chi connectivity index (χ2v) is 7.10. The van der Waals surface area contributed by atoms with E-state index >= 15 is 0 Å². The lowest BCUT2D eigenvalue weighted by atomic mass is 9.96. The van der Waals surface area contributed by atoms with Crippen LogP contribution in [0.1, 0.15) is 0 Å². The van der Waals surface area contributed by atoms with Crippen molar-refractivity contribution in [1.82, 2.24) is 4.31 Å². The SMILES string of the molecule is NCC1CN(S(=O)(=O)c2ccccc2[N+](=O)[O-])CC1C(F)(F)F. The van der Waals surface area contributed by atoms with Crippen molar-refractivity contribution in [3.8, 4) is 0 Å². The first kappa shape index (κ1) is 17.6. The Morgan fingerprint density at radius 2 is 1.91 bits per heavy atom. The third-order valence-electron chi connectivity index (χ3n) is 3.81. The molecular formula is C12H14F3N3O4S. The maximum absolute atomic E-state index is 13.0. The molecule has 1 saturated heterocycles. The molecule has 0 aliphatic carbocycles. The van der Waals surface area contributed by atoms with Crippen LogP contribution in [-0.2, 0) is 10.0 Å². The molecule has 0 aromatic heterocycles. The number of hydrogen-bond donors (Lipinski definition) is 1. The minimum Gasteiger partial charge on any atom is -0.330 e. The number of sulfonamides is 1. The van der Waals surface area contributed by atoms with Crippen molar-refractivity contribution < 1.29 is 26.5 Å². The van der Waals surface area contributed by atoms with Gasteiger partial charge in [-0.3, -0.25) is 10.1 Å². The van der Waals surface area contributed by atoms with Crippen LogP contribution < -0.4 is 5.73 Å². The highest BCUT2D eigenvalue weighted by Crippen LogP contribution is 2.39. The van der Waals surface area contributed by atoms with Gasteiger partial charge in [-0.15, -0.1) is 0 Å². The van der Waals surface area contributed by atoms with Gasteiger partial charge in [-0.2, -0.15) is 17.5 Å². The average Bonchev–Trinajstić information content (AvgIpc) is 2.92. The lowest BCUT2D eigenvalue weighted by molar-refractivity contribution is -0.387. The van der Waals surface area contributed by atoms with E-state index in [1.807, 2.05) is 0 Å². The minimum atomic E-state index is -4.59. The summed E-state index contributed by atoms with van der Waals surface area (Å²) in [6.07, 6.45) is -4.59. The Balaban J connectivity index is 2.41. The highest BCUT2D eigenvalue weighted by atomic mass is 32.2. The van der Waals surface area contributed by atoms with Crippen LogP contribution in [0.4, 0.5) is 18.9 Å². The number of nitro benzene ring substituents is 1. The van der Waals surface area contributed by atoms with Crippen molar-refractivity contribution in [2.75, 3.05) is 19.6 Å². The highest BCUT2D eigenvalue weighted by Gasteiger charge is 2.52. The molecule has 11 heteroatoms. The van der Waals surface area contributed by atoms with Gasteiger partial charge in [0.1, 0.15) is 0 Å². The van der Waals surface area contributed by atoms with E-state index in [1.165, 1.54) is 12.1 Å². The number of hydrogen-bond acceptors (Lipinski definition) is 5. The molecule has 128 valence electrons. The van der Waals surface area contributed by atoms with Gasteiger partial charge in [0.2, 0.25) is 10.0 Å². The highest BCUT2D eigenvalue weighted by molar-refractivity contribution is 7.89. The first-order valence-corrected chi connectivity index (χ1v) is 8.03. The van der Waals surface area contributed by atoms with Gasteiger partial charge in [0.25, 0.3) is 5.69 Å². The molecule has 7 nitrogen and oxygen atoms in total. The molecule has 23 heavy (non-hydrogen) atoms. The van der Waals surface area contributed by atoms with Crippen molar-refractivity contribution in [2.45, 2.75) is 11.1 Å². The Hall–Kier alpha value is -1.72. The van der Waals surface area contributed by atoms with Crippen LogP contribution in [-0.4, -0.2) is 43.5 Å². The lowest BCUT2D eigenvalue weighted by Gasteiger charge is -2.19. The molecule has 0 radical (unpaired) electrons. The molecule has 1 aromatic rings. The summed E-state index contributed by atoms with van der Waals surface area (Å²) in [4.78, 5) is 9.44. The predicted molar refractivity (Wildman–Crippen MR) is 73.9 cm³/mol. The largest absolute Gasteiger partial charge is 0.393 e. The smallest absolute Gasteiger partial charge is 0.330 e. The van der Waals surface area contributed by atoms with Crippen LogP contribution in [0.3, 0.4) is 0 Å². The number of nitro groups is 1. The maximum Gasteiger partial charge on any atom is 0.393 e. The number of halogens is 3. The standard InChI is InChI=1S/C12H14F3N3O4S/c13-12(14,15)9-7-17(6-8(9)5-16)23(21,22)11-4-2-1-3-10(11)18(19)20/h1-4,8-9H,5-7,16H2. The number of alkyl halides is 3. The molecule has 0 saturated carbocycles. The number of nitrogens with zero attached hydrogens (tertiary/aromatic N) is 2. The number of rotatable bonds is 4. The first-order chi connectivity index (χ1) is 10.6. The Morgan fingerprint density at radius 1 is 1.30 bits per heavy atom. The third-order valence-corrected chi connectivity index (χ3v) is 5.69. The summed E-state index contributed by atoms with van der Waals surface area (Å²) in [7, 11) is -4.41. The molecule has 1 aromatic carbocycles. The minimum absolute atomic E-state index is 0.326.